The molecule has 1 aromatic heterocycles. The minimum atomic E-state index is -0.281. The first kappa shape index (κ1) is 22.8. The van der Waals surface area contributed by atoms with E-state index in [-0.39, 0.29) is 42.1 Å². The average Bonchev–Trinajstić information content (AvgIpc) is 2.62. The Kier molecular flexibility index (Phi) is 10.3. The highest BCUT2D eigenvalue weighted by molar-refractivity contribution is 14.0. The second-order valence-electron chi connectivity index (χ2n) is 5.77. The Morgan fingerprint density at radius 2 is 2.04 bits per heavy atom. The summed E-state index contributed by atoms with van der Waals surface area (Å²) in [7, 11) is 0. The van der Waals surface area contributed by atoms with Gasteiger partial charge >= 0.3 is 0 Å². The lowest BCUT2D eigenvalue weighted by Crippen LogP contribution is -2.38. The Labute approximate surface area is 176 Å². The molecule has 6 nitrogen and oxygen atoms in total. The fourth-order valence-electron chi connectivity index (χ4n) is 2.19. The number of pyridine rings is 1. The predicted octanol–water partition coefficient (Wildman–Crippen LogP) is 3.23. The number of guanidine groups is 1. The molecule has 0 saturated carbocycles. The van der Waals surface area contributed by atoms with E-state index in [1.807, 2.05) is 26.0 Å². The summed E-state index contributed by atoms with van der Waals surface area (Å²) in [4.78, 5) is 20.5. The van der Waals surface area contributed by atoms with Crippen LogP contribution in [0.25, 0.3) is 0 Å². The standard InChI is InChI=1S/C19H24FN5O.HI/c1-3-21-19(24-13-15-5-4-6-16(20)11-15)22-10-9-18(26)25-17-8-7-14(2)12-23-17;/h4-8,11-12H,3,9-10,13H2,1-2H3,(H2,21,22,24)(H,23,25,26);1H. The number of rotatable bonds is 7. The molecule has 27 heavy (non-hydrogen) atoms. The zero-order valence-corrected chi connectivity index (χ0v) is 17.8. The van der Waals surface area contributed by atoms with E-state index in [1.165, 1.54) is 12.1 Å². The largest absolute Gasteiger partial charge is 0.357 e. The van der Waals surface area contributed by atoms with E-state index in [0.717, 1.165) is 11.1 Å². The number of nitrogens with one attached hydrogen (secondary N) is 3. The lowest BCUT2D eigenvalue weighted by molar-refractivity contribution is -0.116. The number of hydrogen-bond acceptors (Lipinski definition) is 3. The Bertz CT molecular complexity index is 752. The number of aliphatic imine (C=N–C) groups is 1. The topological polar surface area (TPSA) is 78.4 Å². The lowest BCUT2D eigenvalue weighted by atomic mass is 10.2. The highest BCUT2D eigenvalue weighted by atomic mass is 127. The van der Waals surface area contributed by atoms with Crippen molar-refractivity contribution in [2.24, 2.45) is 4.99 Å². The molecule has 3 N–H and O–H groups in total. The SMILES string of the molecule is CCNC(=NCc1cccc(F)c1)NCCC(=O)Nc1ccc(C)cn1.I. The Hall–Kier alpha value is -2.23. The molecular weight excluding hydrogens is 460 g/mol. The number of carbonyl (C=O) groups excluding carboxylic acids is 1. The molecule has 0 aliphatic rings. The van der Waals surface area contributed by atoms with Crippen molar-refractivity contribution < 1.29 is 9.18 Å². The summed E-state index contributed by atoms with van der Waals surface area (Å²) in [6.07, 6.45) is 1.98. The first-order valence-corrected chi connectivity index (χ1v) is 8.56. The van der Waals surface area contributed by atoms with E-state index < -0.39 is 0 Å². The van der Waals surface area contributed by atoms with Crippen LogP contribution in [0.3, 0.4) is 0 Å². The van der Waals surface area contributed by atoms with E-state index in [4.69, 9.17) is 0 Å². The summed E-state index contributed by atoms with van der Waals surface area (Å²) in [5, 5.41) is 8.94. The third-order valence-corrected chi connectivity index (χ3v) is 3.48. The van der Waals surface area contributed by atoms with Gasteiger partial charge in [0.25, 0.3) is 0 Å². The van der Waals surface area contributed by atoms with Gasteiger partial charge in [-0.3, -0.25) is 4.79 Å². The van der Waals surface area contributed by atoms with E-state index >= 15 is 0 Å². The number of aromatic nitrogens is 1. The van der Waals surface area contributed by atoms with Crippen LogP contribution in [-0.2, 0) is 11.3 Å². The molecule has 0 saturated heterocycles. The van der Waals surface area contributed by atoms with Crippen molar-refractivity contribution in [2.75, 3.05) is 18.4 Å². The minimum absolute atomic E-state index is 0. The van der Waals surface area contributed by atoms with Crippen molar-refractivity contribution in [1.82, 2.24) is 15.6 Å². The summed E-state index contributed by atoms with van der Waals surface area (Å²) >= 11 is 0. The highest BCUT2D eigenvalue weighted by Gasteiger charge is 2.04. The monoisotopic (exact) mass is 485 g/mol. The number of aryl methyl sites for hydroxylation is 1. The second kappa shape index (κ2) is 12.2. The van der Waals surface area contributed by atoms with Gasteiger partial charge in [-0.15, -0.1) is 24.0 Å². The maximum Gasteiger partial charge on any atom is 0.227 e. The summed E-state index contributed by atoms with van der Waals surface area (Å²) in [6, 6.07) is 9.99. The van der Waals surface area contributed by atoms with Crippen LogP contribution in [0.1, 0.15) is 24.5 Å². The van der Waals surface area contributed by atoms with Gasteiger partial charge in [-0.25, -0.2) is 14.4 Å². The molecule has 0 aliphatic heterocycles. The molecule has 2 rings (SSSR count). The maximum absolute atomic E-state index is 13.2. The van der Waals surface area contributed by atoms with Crippen molar-refractivity contribution in [3.63, 3.8) is 0 Å². The van der Waals surface area contributed by atoms with Gasteiger partial charge in [-0.2, -0.15) is 0 Å². The molecule has 1 heterocycles. The van der Waals surface area contributed by atoms with Crippen molar-refractivity contribution in [3.8, 4) is 0 Å². The zero-order chi connectivity index (χ0) is 18.8. The molecule has 0 atom stereocenters. The van der Waals surface area contributed by atoms with Gasteiger partial charge in [0, 0.05) is 25.7 Å². The van der Waals surface area contributed by atoms with Gasteiger partial charge < -0.3 is 16.0 Å². The number of amides is 1. The molecule has 1 amide bonds. The van der Waals surface area contributed by atoms with Gasteiger partial charge in [-0.05, 0) is 43.2 Å². The fraction of sp³-hybridized carbons (Fsp3) is 0.316. The fourth-order valence-corrected chi connectivity index (χ4v) is 2.19. The van der Waals surface area contributed by atoms with Crippen LogP contribution in [-0.4, -0.2) is 29.9 Å². The number of nitrogens with zero attached hydrogens (tertiary/aromatic N) is 2. The molecule has 0 unspecified atom stereocenters. The smallest absolute Gasteiger partial charge is 0.227 e. The molecular formula is C19H25FIN5O. The van der Waals surface area contributed by atoms with E-state index in [9.17, 15) is 9.18 Å². The second-order valence-corrected chi connectivity index (χ2v) is 5.77. The van der Waals surface area contributed by atoms with E-state index in [2.05, 4.69) is 25.9 Å². The van der Waals surface area contributed by atoms with Crippen LogP contribution in [0.4, 0.5) is 10.2 Å². The molecule has 0 fully saturated rings. The number of anilines is 1. The van der Waals surface area contributed by atoms with Gasteiger partial charge in [0.05, 0.1) is 6.54 Å². The average molecular weight is 485 g/mol. The van der Waals surface area contributed by atoms with Gasteiger partial charge in [0.15, 0.2) is 5.96 Å². The van der Waals surface area contributed by atoms with Gasteiger partial charge in [0.2, 0.25) is 5.91 Å². The first-order chi connectivity index (χ1) is 12.6. The van der Waals surface area contributed by atoms with Crippen LogP contribution in [0.15, 0.2) is 47.6 Å². The third kappa shape index (κ3) is 8.80. The maximum atomic E-state index is 13.2. The molecule has 0 radical (unpaired) electrons. The minimum Gasteiger partial charge on any atom is -0.357 e. The van der Waals surface area contributed by atoms with Crippen LogP contribution in [0.2, 0.25) is 0 Å². The zero-order valence-electron chi connectivity index (χ0n) is 15.5. The van der Waals surface area contributed by atoms with Crippen LogP contribution < -0.4 is 16.0 Å². The molecule has 0 aliphatic carbocycles. The third-order valence-electron chi connectivity index (χ3n) is 3.48. The van der Waals surface area contributed by atoms with Crippen molar-refractivity contribution in [2.45, 2.75) is 26.8 Å². The Morgan fingerprint density at radius 3 is 2.70 bits per heavy atom. The summed E-state index contributed by atoms with van der Waals surface area (Å²) in [6.45, 7) is 5.36. The summed E-state index contributed by atoms with van der Waals surface area (Å²) < 4.78 is 13.2. The molecule has 0 bridgehead atoms. The molecule has 146 valence electrons. The lowest BCUT2D eigenvalue weighted by Gasteiger charge is -2.11. The molecule has 2 aromatic rings. The highest BCUT2D eigenvalue weighted by Crippen LogP contribution is 2.05. The number of carbonyl (C=O) groups is 1. The first-order valence-electron chi connectivity index (χ1n) is 8.56. The van der Waals surface area contributed by atoms with Gasteiger partial charge in [0.1, 0.15) is 11.6 Å². The number of benzene rings is 1. The van der Waals surface area contributed by atoms with Crippen LogP contribution >= 0.6 is 24.0 Å². The van der Waals surface area contributed by atoms with Crippen molar-refractivity contribution in [1.29, 1.82) is 0 Å². The van der Waals surface area contributed by atoms with E-state index in [0.29, 0.717) is 31.4 Å². The van der Waals surface area contributed by atoms with Crippen LogP contribution in [0.5, 0.6) is 0 Å². The quantitative estimate of drug-likeness (QED) is 0.320. The molecule has 1 aromatic carbocycles. The summed E-state index contributed by atoms with van der Waals surface area (Å²) in [5.41, 5.74) is 1.82. The van der Waals surface area contributed by atoms with Gasteiger partial charge in [-0.1, -0.05) is 18.2 Å². The van der Waals surface area contributed by atoms with Crippen LogP contribution in [0, 0.1) is 12.7 Å². The normalized spacial score (nSPS) is 10.7. The number of halogens is 2. The summed E-state index contributed by atoms with van der Waals surface area (Å²) in [5.74, 6) is 0.706. The van der Waals surface area contributed by atoms with Crippen molar-refractivity contribution in [3.05, 3.63) is 59.5 Å². The van der Waals surface area contributed by atoms with Crippen molar-refractivity contribution >= 4 is 41.7 Å². The molecule has 8 heteroatoms. The molecule has 0 spiro atoms. The number of hydrogen-bond donors (Lipinski definition) is 3. The Morgan fingerprint density at radius 1 is 1.22 bits per heavy atom. The van der Waals surface area contributed by atoms with E-state index in [1.54, 1.807) is 18.3 Å². The Balaban J connectivity index is 0.00000364. The predicted molar refractivity (Wildman–Crippen MR) is 117 cm³/mol.